The van der Waals surface area contributed by atoms with E-state index in [-0.39, 0.29) is 37.0 Å². The van der Waals surface area contributed by atoms with Gasteiger partial charge in [0.2, 0.25) is 5.95 Å². The lowest BCUT2D eigenvalue weighted by atomic mass is 9.78. The molecule has 2 aromatic rings. The van der Waals surface area contributed by atoms with E-state index in [1.54, 1.807) is 0 Å². The number of anilines is 2. The molecule has 2 aliphatic rings. The Balaban J connectivity index is 0.00000140. The summed E-state index contributed by atoms with van der Waals surface area (Å²) in [6.07, 6.45) is 3.94. The molecule has 1 saturated heterocycles. The number of nitrogens with two attached hydrogens (primary N) is 2. The van der Waals surface area contributed by atoms with Crippen molar-refractivity contribution in [3.8, 4) is 5.75 Å². The normalized spacial score (nSPS) is 21.9. The van der Waals surface area contributed by atoms with E-state index in [1.165, 1.54) is 0 Å². The summed E-state index contributed by atoms with van der Waals surface area (Å²) in [5, 5.41) is 0.654. The number of piperidine rings is 1. The summed E-state index contributed by atoms with van der Waals surface area (Å²) < 4.78 is 6.06. The van der Waals surface area contributed by atoms with Gasteiger partial charge < -0.3 is 21.1 Å². The molecule has 4 rings (SSSR count). The number of nitrogens with zero attached hydrogens (tertiary/aromatic N) is 3. The van der Waals surface area contributed by atoms with Gasteiger partial charge in [-0.1, -0.05) is 23.7 Å². The number of hydrogen-bond acceptors (Lipinski definition) is 6. The second-order valence-electron chi connectivity index (χ2n) is 7.17. The van der Waals surface area contributed by atoms with Crippen molar-refractivity contribution < 1.29 is 4.74 Å². The van der Waals surface area contributed by atoms with Crippen LogP contribution in [-0.4, -0.2) is 35.2 Å². The smallest absolute Gasteiger partial charge is 0.222 e. The maximum Gasteiger partial charge on any atom is 0.222 e. The first-order valence-corrected chi connectivity index (χ1v) is 9.52. The van der Waals surface area contributed by atoms with Crippen molar-refractivity contribution in [3.05, 3.63) is 41.0 Å². The van der Waals surface area contributed by atoms with E-state index in [1.807, 2.05) is 24.3 Å². The molecule has 28 heavy (non-hydrogen) atoms. The van der Waals surface area contributed by atoms with Gasteiger partial charge in [-0.3, -0.25) is 0 Å². The molecule has 0 amide bonds. The third-order valence-electron chi connectivity index (χ3n) is 5.24. The monoisotopic (exact) mass is 445 g/mol. The van der Waals surface area contributed by atoms with Crippen LogP contribution in [-0.2, 0) is 0 Å². The molecule has 1 aliphatic heterocycles. The van der Waals surface area contributed by atoms with E-state index < -0.39 is 0 Å². The zero-order chi connectivity index (χ0) is 18.1. The summed E-state index contributed by atoms with van der Waals surface area (Å²) in [6.45, 7) is 1.74. The van der Waals surface area contributed by atoms with Crippen LogP contribution in [0.3, 0.4) is 0 Å². The molecule has 6 nitrogen and oxygen atoms in total. The molecule has 0 atom stereocenters. The van der Waals surface area contributed by atoms with Crippen molar-refractivity contribution >= 4 is 48.2 Å². The number of halogens is 3. The Hall–Kier alpha value is -1.47. The van der Waals surface area contributed by atoms with Crippen LogP contribution in [0.4, 0.5) is 11.8 Å². The third-order valence-corrected chi connectivity index (χ3v) is 5.55. The predicted molar refractivity (Wildman–Crippen MR) is 118 cm³/mol. The highest BCUT2D eigenvalue weighted by molar-refractivity contribution is 6.32. The number of aromatic nitrogens is 2. The molecule has 154 valence electrons. The molecule has 0 bridgehead atoms. The van der Waals surface area contributed by atoms with Crippen LogP contribution in [0, 0.1) is 0 Å². The van der Waals surface area contributed by atoms with Crippen molar-refractivity contribution in [1.82, 2.24) is 9.97 Å². The van der Waals surface area contributed by atoms with Crippen molar-refractivity contribution in [1.29, 1.82) is 0 Å². The zero-order valence-electron chi connectivity index (χ0n) is 15.5. The fourth-order valence-corrected chi connectivity index (χ4v) is 3.85. The lowest BCUT2D eigenvalue weighted by molar-refractivity contribution is 0.171. The SMILES string of the molecule is Cl.Cl.Nc1nc(C2CC(N)C2)cc(N2CCC(Oc3ccccc3Cl)CC2)n1. The molecular formula is C19H26Cl3N5O. The number of rotatable bonds is 4. The molecule has 9 heteroatoms. The summed E-state index contributed by atoms with van der Waals surface area (Å²) in [6, 6.07) is 9.97. The second-order valence-corrected chi connectivity index (χ2v) is 7.58. The summed E-state index contributed by atoms with van der Waals surface area (Å²) in [4.78, 5) is 11.1. The number of nitrogen functional groups attached to an aromatic ring is 1. The molecule has 1 aromatic heterocycles. The summed E-state index contributed by atoms with van der Waals surface area (Å²) in [7, 11) is 0. The number of benzene rings is 1. The Kier molecular flexibility index (Phi) is 8.01. The van der Waals surface area contributed by atoms with Crippen molar-refractivity contribution in [2.24, 2.45) is 5.73 Å². The molecule has 2 fully saturated rings. The largest absolute Gasteiger partial charge is 0.489 e. The molecule has 0 unspecified atom stereocenters. The summed E-state index contributed by atoms with van der Waals surface area (Å²) >= 11 is 6.19. The zero-order valence-corrected chi connectivity index (χ0v) is 17.8. The van der Waals surface area contributed by atoms with Crippen LogP contribution in [0.5, 0.6) is 5.75 Å². The Labute approximate surface area is 182 Å². The van der Waals surface area contributed by atoms with Crippen LogP contribution in [0.1, 0.15) is 37.3 Å². The minimum Gasteiger partial charge on any atom is -0.489 e. The summed E-state index contributed by atoms with van der Waals surface area (Å²) in [5.41, 5.74) is 12.9. The van der Waals surface area contributed by atoms with Crippen LogP contribution in [0.25, 0.3) is 0 Å². The van der Waals surface area contributed by atoms with Gasteiger partial charge in [0.1, 0.15) is 17.7 Å². The van der Waals surface area contributed by atoms with Crippen LogP contribution in [0.2, 0.25) is 5.02 Å². The highest BCUT2D eigenvalue weighted by Gasteiger charge is 2.30. The van der Waals surface area contributed by atoms with Gasteiger partial charge in [-0.15, -0.1) is 24.8 Å². The first-order valence-electron chi connectivity index (χ1n) is 9.14. The first-order chi connectivity index (χ1) is 12.6. The number of para-hydroxylation sites is 1. The van der Waals surface area contributed by atoms with Gasteiger partial charge in [0.25, 0.3) is 0 Å². The van der Waals surface area contributed by atoms with Gasteiger partial charge >= 0.3 is 0 Å². The molecule has 0 radical (unpaired) electrons. The van der Waals surface area contributed by atoms with Gasteiger partial charge in [0.15, 0.2) is 0 Å². The minimum absolute atomic E-state index is 0. The quantitative estimate of drug-likeness (QED) is 0.742. The van der Waals surface area contributed by atoms with E-state index in [9.17, 15) is 0 Å². The average Bonchev–Trinajstić information content (AvgIpc) is 2.61. The van der Waals surface area contributed by atoms with E-state index >= 15 is 0 Å². The van der Waals surface area contributed by atoms with Crippen molar-refractivity contribution in [2.45, 2.75) is 43.7 Å². The highest BCUT2D eigenvalue weighted by atomic mass is 35.5. The van der Waals surface area contributed by atoms with E-state index in [2.05, 4.69) is 20.9 Å². The fraction of sp³-hybridized carbons (Fsp3) is 0.474. The maximum absolute atomic E-state index is 6.19. The average molecular weight is 447 g/mol. The van der Waals surface area contributed by atoms with Gasteiger partial charge in [0.05, 0.1) is 10.7 Å². The molecule has 0 spiro atoms. The van der Waals surface area contributed by atoms with E-state index in [4.69, 9.17) is 27.8 Å². The standard InChI is InChI=1S/C19H24ClN5O.2ClH/c20-15-3-1-2-4-17(15)26-14-5-7-25(8-6-14)18-11-16(23-19(22)24-18)12-9-13(21)10-12;;/h1-4,11-14H,5-10,21H2,(H2,22,23,24);2*1H. The lowest BCUT2D eigenvalue weighted by Gasteiger charge is -2.35. The first kappa shape index (κ1) is 22.8. The van der Waals surface area contributed by atoms with E-state index in [0.29, 0.717) is 16.9 Å². The van der Waals surface area contributed by atoms with E-state index in [0.717, 1.165) is 56.0 Å². The van der Waals surface area contributed by atoms with Crippen LogP contribution < -0.4 is 21.1 Å². The Morgan fingerprint density at radius 3 is 2.39 bits per heavy atom. The lowest BCUT2D eigenvalue weighted by Crippen LogP contribution is -2.39. The fourth-order valence-electron chi connectivity index (χ4n) is 3.67. The van der Waals surface area contributed by atoms with Crippen molar-refractivity contribution in [3.63, 3.8) is 0 Å². The van der Waals surface area contributed by atoms with Gasteiger partial charge in [-0.25, -0.2) is 4.98 Å². The Morgan fingerprint density at radius 1 is 1.07 bits per heavy atom. The van der Waals surface area contributed by atoms with Gasteiger partial charge in [0, 0.05) is 44.0 Å². The van der Waals surface area contributed by atoms with Crippen LogP contribution in [0.15, 0.2) is 30.3 Å². The molecule has 4 N–H and O–H groups in total. The maximum atomic E-state index is 6.19. The van der Waals surface area contributed by atoms with Gasteiger partial charge in [-0.05, 0) is 25.0 Å². The summed E-state index contributed by atoms with van der Waals surface area (Å²) in [5.74, 6) is 2.41. The number of ether oxygens (including phenoxy) is 1. The molecule has 2 heterocycles. The van der Waals surface area contributed by atoms with Gasteiger partial charge in [-0.2, -0.15) is 4.98 Å². The number of hydrogen-bond donors (Lipinski definition) is 2. The third kappa shape index (κ3) is 5.11. The second kappa shape index (κ2) is 9.83. The van der Waals surface area contributed by atoms with Crippen LogP contribution >= 0.6 is 36.4 Å². The Bertz CT molecular complexity index is 780. The highest BCUT2D eigenvalue weighted by Crippen LogP contribution is 2.36. The molecular weight excluding hydrogens is 421 g/mol. The molecule has 1 saturated carbocycles. The molecule has 1 aromatic carbocycles. The van der Waals surface area contributed by atoms with Crippen molar-refractivity contribution in [2.75, 3.05) is 23.7 Å². The molecule has 1 aliphatic carbocycles. The Morgan fingerprint density at radius 2 is 1.75 bits per heavy atom. The minimum atomic E-state index is 0. The predicted octanol–water partition coefficient (Wildman–Crippen LogP) is 3.81. The topological polar surface area (TPSA) is 90.3 Å².